The van der Waals surface area contributed by atoms with E-state index in [0.717, 1.165) is 32.7 Å². The van der Waals surface area contributed by atoms with Crippen molar-refractivity contribution in [3.63, 3.8) is 0 Å². The molecule has 0 radical (unpaired) electrons. The number of aromatic nitrogens is 2. The third-order valence-electron chi connectivity index (χ3n) is 8.56. The van der Waals surface area contributed by atoms with Gasteiger partial charge in [-0.15, -0.1) is 0 Å². The average molecular weight is 534 g/mol. The molecule has 7 rings (SSSR count). The Morgan fingerprint density at radius 2 is 1.75 bits per heavy atom. The number of aryl methyl sites for hydroxylation is 2. The van der Waals surface area contributed by atoms with E-state index in [1.807, 2.05) is 73.3 Å². The third kappa shape index (κ3) is 3.30. The van der Waals surface area contributed by atoms with Gasteiger partial charge in [-0.25, -0.2) is 9.78 Å². The van der Waals surface area contributed by atoms with E-state index in [2.05, 4.69) is 5.32 Å². The maximum atomic E-state index is 14.6. The number of pyridine rings is 1. The second-order valence-electron chi connectivity index (χ2n) is 10.9. The highest BCUT2D eigenvalue weighted by molar-refractivity contribution is 6.20. The molecule has 0 aliphatic carbocycles. The number of imide groups is 2. The molecule has 200 valence electrons. The summed E-state index contributed by atoms with van der Waals surface area (Å²) in [4.78, 5) is 63.6. The van der Waals surface area contributed by atoms with Gasteiger partial charge in [0.15, 0.2) is 5.41 Å². The van der Waals surface area contributed by atoms with Crippen LogP contribution in [0.15, 0.2) is 71.7 Å². The zero-order chi connectivity index (χ0) is 27.8. The highest BCUT2D eigenvalue weighted by atomic mass is 16.2. The minimum atomic E-state index is -1.74. The fourth-order valence-corrected chi connectivity index (χ4v) is 6.54. The Labute approximate surface area is 230 Å². The van der Waals surface area contributed by atoms with Gasteiger partial charge in [-0.05, 0) is 48.6 Å². The lowest BCUT2D eigenvalue weighted by molar-refractivity contribution is -0.154. The number of carbonyl (C=O) groups excluding carboxylic acids is 3. The second kappa shape index (κ2) is 8.61. The summed E-state index contributed by atoms with van der Waals surface area (Å²) >= 11 is 0. The van der Waals surface area contributed by atoms with Gasteiger partial charge in [0.1, 0.15) is 11.5 Å². The lowest BCUT2D eigenvalue weighted by Gasteiger charge is -2.53. The number of hydrogen-bond acceptors (Lipinski definition) is 6. The van der Waals surface area contributed by atoms with Crippen LogP contribution in [0.1, 0.15) is 39.4 Å². The number of urea groups is 1. The zero-order valence-corrected chi connectivity index (χ0v) is 22.2. The molecule has 1 spiro atoms. The summed E-state index contributed by atoms with van der Waals surface area (Å²) in [6.07, 6.45) is 2.15. The number of benzene rings is 2. The van der Waals surface area contributed by atoms with Gasteiger partial charge in [0, 0.05) is 19.2 Å². The van der Waals surface area contributed by atoms with Gasteiger partial charge in [-0.1, -0.05) is 60.2 Å². The van der Waals surface area contributed by atoms with Crippen LogP contribution in [0, 0.1) is 19.3 Å². The van der Waals surface area contributed by atoms with Crippen molar-refractivity contribution < 1.29 is 14.4 Å². The Balaban J connectivity index is 1.46. The lowest BCUT2D eigenvalue weighted by Crippen LogP contribution is -2.70. The molecular weight excluding hydrogens is 506 g/mol. The van der Waals surface area contributed by atoms with Crippen molar-refractivity contribution in [1.82, 2.24) is 19.6 Å². The molecule has 3 aliphatic heterocycles. The SMILES string of the molecule is Cc1ccc(CN2C(=O)NC(=O)[C@]3(Cc4c(nc5c(C)cccn5c4=O)N4CCc5ccccc5[C@@H]43)C2=O)cc1. The van der Waals surface area contributed by atoms with Crippen LogP contribution in [-0.2, 0) is 29.0 Å². The molecule has 1 N–H and O–H groups in total. The predicted octanol–water partition coefficient (Wildman–Crippen LogP) is 3.24. The fraction of sp³-hybridized carbons (Fsp3) is 0.258. The monoisotopic (exact) mass is 533 g/mol. The van der Waals surface area contributed by atoms with Crippen LogP contribution >= 0.6 is 0 Å². The third-order valence-corrected chi connectivity index (χ3v) is 8.56. The summed E-state index contributed by atoms with van der Waals surface area (Å²) in [6.45, 7) is 4.34. The first-order valence-corrected chi connectivity index (χ1v) is 13.4. The molecule has 40 heavy (non-hydrogen) atoms. The molecule has 5 heterocycles. The standard InChI is InChI=1S/C31H27N5O4/c1-18-9-11-20(12-10-18)17-36-29(39)31(28(38)33-30(36)40)16-23-26(32-25-19(2)6-5-14-35(25)27(23)37)34-15-13-21-7-3-4-8-22(21)24(31)34/h3-12,14,24H,13,15-17H2,1-2H3,(H,33,38,40)/t24-,31-/m1/s1. The van der Waals surface area contributed by atoms with E-state index in [-0.39, 0.29) is 18.5 Å². The molecular formula is C31H27N5O4. The van der Waals surface area contributed by atoms with Crippen molar-refractivity contribution in [2.24, 2.45) is 5.41 Å². The molecule has 9 heteroatoms. The Kier molecular flexibility index (Phi) is 5.22. The number of fused-ring (bicyclic) bond motifs is 7. The fourth-order valence-electron chi connectivity index (χ4n) is 6.54. The van der Waals surface area contributed by atoms with Crippen LogP contribution in [0.25, 0.3) is 5.65 Å². The van der Waals surface area contributed by atoms with Gasteiger partial charge in [-0.3, -0.25) is 29.0 Å². The van der Waals surface area contributed by atoms with Crippen molar-refractivity contribution >= 4 is 29.3 Å². The summed E-state index contributed by atoms with van der Waals surface area (Å²) < 4.78 is 1.47. The minimum absolute atomic E-state index is 0.00927. The van der Waals surface area contributed by atoms with Crippen LogP contribution in [0.5, 0.6) is 0 Å². The second-order valence-corrected chi connectivity index (χ2v) is 10.9. The number of nitrogens with zero attached hydrogens (tertiary/aromatic N) is 4. The van der Waals surface area contributed by atoms with Gasteiger partial charge in [0.05, 0.1) is 18.2 Å². The Morgan fingerprint density at radius 3 is 2.55 bits per heavy atom. The highest BCUT2D eigenvalue weighted by Gasteiger charge is 2.64. The number of anilines is 1. The van der Waals surface area contributed by atoms with Crippen molar-refractivity contribution in [1.29, 1.82) is 0 Å². The molecule has 4 amide bonds. The number of barbiturate groups is 1. The molecule has 1 saturated heterocycles. The Morgan fingerprint density at radius 1 is 0.975 bits per heavy atom. The molecule has 2 atom stereocenters. The summed E-state index contributed by atoms with van der Waals surface area (Å²) in [5.74, 6) is -0.798. The van der Waals surface area contributed by atoms with Crippen LogP contribution < -0.4 is 15.8 Å². The summed E-state index contributed by atoms with van der Waals surface area (Å²) in [6, 6.07) is 17.5. The molecule has 0 bridgehead atoms. The van der Waals surface area contributed by atoms with E-state index in [0.29, 0.717) is 30.0 Å². The Hall–Kier alpha value is -4.79. The van der Waals surface area contributed by atoms with Gasteiger partial charge in [-0.2, -0.15) is 0 Å². The number of hydrogen-bond donors (Lipinski definition) is 1. The maximum absolute atomic E-state index is 14.6. The predicted molar refractivity (Wildman–Crippen MR) is 148 cm³/mol. The number of amides is 4. The first-order chi connectivity index (χ1) is 19.3. The quantitative estimate of drug-likeness (QED) is 0.397. The molecule has 1 fully saturated rings. The van der Waals surface area contributed by atoms with Crippen LogP contribution in [0.3, 0.4) is 0 Å². The maximum Gasteiger partial charge on any atom is 0.331 e. The van der Waals surface area contributed by atoms with E-state index in [1.54, 1.807) is 12.3 Å². The average Bonchev–Trinajstić information content (AvgIpc) is 2.96. The topological polar surface area (TPSA) is 104 Å². The summed E-state index contributed by atoms with van der Waals surface area (Å²) in [7, 11) is 0. The highest BCUT2D eigenvalue weighted by Crippen LogP contribution is 2.52. The smallest absolute Gasteiger partial charge is 0.331 e. The number of carbonyl (C=O) groups is 3. The molecule has 2 aromatic carbocycles. The van der Waals surface area contributed by atoms with E-state index < -0.39 is 29.3 Å². The largest absolute Gasteiger partial charge is 0.347 e. The van der Waals surface area contributed by atoms with Crippen molar-refractivity contribution in [3.05, 3.63) is 111 Å². The molecule has 0 saturated carbocycles. The molecule has 2 aromatic heterocycles. The van der Waals surface area contributed by atoms with Crippen LogP contribution in [0.2, 0.25) is 0 Å². The van der Waals surface area contributed by atoms with Crippen LogP contribution in [-0.4, -0.2) is 38.7 Å². The van der Waals surface area contributed by atoms with Crippen LogP contribution in [0.4, 0.5) is 10.6 Å². The van der Waals surface area contributed by atoms with Gasteiger partial charge < -0.3 is 4.90 Å². The number of rotatable bonds is 2. The number of nitrogens with one attached hydrogen (secondary N) is 1. The van der Waals surface area contributed by atoms with Gasteiger partial charge in [0.2, 0.25) is 11.8 Å². The van der Waals surface area contributed by atoms with Crippen molar-refractivity contribution in [2.45, 2.75) is 39.3 Å². The molecule has 4 aromatic rings. The van der Waals surface area contributed by atoms with E-state index in [4.69, 9.17) is 4.98 Å². The lowest BCUT2D eigenvalue weighted by atomic mass is 9.65. The minimum Gasteiger partial charge on any atom is -0.347 e. The Bertz CT molecular complexity index is 1810. The normalized spacial score (nSPS) is 21.8. The zero-order valence-electron chi connectivity index (χ0n) is 22.2. The van der Waals surface area contributed by atoms with Crippen molar-refractivity contribution in [2.75, 3.05) is 11.4 Å². The molecule has 3 aliphatic rings. The summed E-state index contributed by atoms with van der Waals surface area (Å²) in [5.41, 5.74) is 3.31. The van der Waals surface area contributed by atoms with E-state index >= 15 is 0 Å². The first-order valence-electron chi connectivity index (χ1n) is 13.4. The van der Waals surface area contributed by atoms with E-state index in [1.165, 1.54) is 4.40 Å². The summed E-state index contributed by atoms with van der Waals surface area (Å²) in [5, 5.41) is 2.48. The van der Waals surface area contributed by atoms with Gasteiger partial charge in [0.25, 0.3) is 5.56 Å². The van der Waals surface area contributed by atoms with Crippen molar-refractivity contribution in [3.8, 4) is 0 Å². The first kappa shape index (κ1) is 24.3. The molecule has 9 nitrogen and oxygen atoms in total. The van der Waals surface area contributed by atoms with Gasteiger partial charge >= 0.3 is 6.03 Å². The van der Waals surface area contributed by atoms with E-state index in [9.17, 15) is 19.2 Å². The molecule has 0 unspecified atom stereocenters.